The highest BCUT2D eigenvalue weighted by molar-refractivity contribution is 7.92. The zero-order valence-electron chi connectivity index (χ0n) is 17.3. The monoisotopic (exact) mass is 401 g/mol. The molecule has 5 heteroatoms. The predicted molar refractivity (Wildman–Crippen MR) is 115 cm³/mol. The molecule has 1 aliphatic carbocycles. The van der Waals surface area contributed by atoms with Crippen LogP contribution >= 0.6 is 0 Å². The van der Waals surface area contributed by atoms with Crippen molar-refractivity contribution in [2.45, 2.75) is 63.7 Å². The number of benzene rings is 2. The lowest BCUT2D eigenvalue weighted by atomic mass is 9.92. The van der Waals surface area contributed by atoms with Crippen LogP contribution in [-0.4, -0.2) is 26.7 Å². The Bertz CT molecular complexity index is 922. The lowest BCUT2D eigenvalue weighted by Gasteiger charge is -2.30. The first-order valence-corrected chi connectivity index (χ1v) is 11.6. The molecule has 0 heterocycles. The molecule has 0 saturated carbocycles. The maximum atomic E-state index is 13.7. The molecule has 3 rings (SSSR count). The van der Waals surface area contributed by atoms with Crippen molar-refractivity contribution in [3.8, 4) is 0 Å². The van der Waals surface area contributed by atoms with Gasteiger partial charge in [0.2, 0.25) is 0 Å². The number of sulfonamides is 1. The molecule has 1 aliphatic rings. The fourth-order valence-corrected chi connectivity index (χ4v) is 5.64. The molecule has 0 spiro atoms. The van der Waals surface area contributed by atoms with Gasteiger partial charge in [-0.3, -0.25) is 4.31 Å². The minimum absolute atomic E-state index is 0.0445. The smallest absolute Gasteiger partial charge is 0.264 e. The van der Waals surface area contributed by atoms with Crippen LogP contribution in [0.25, 0.3) is 0 Å². The van der Waals surface area contributed by atoms with Gasteiger partial charge in [0, 0.05) is 0 Å². The molecule has 2 aromatic rings. The standard InChI is InChI=1S/C23H31NO3S/c1-16(2)21-9-6-10-22(17(3)4)23(21)24(13-14-25)28(26,27)20-12-11-18-7-5-8-19(18)15-20/h6,9-12,15-17,25H,5,7-8,13-14H2,1-4H3. The number of hydrogen-bond acceptors (Lipinski definition) is 3. The highest BCUT2D eigenvalue weighted by atomic mass is 32.2. The largest absolute Gasteiger partial charge is 0.394 e. The van der Waals surface area contributed by atoms with Crippen LogP contribution in [0, 0.1) is 0 Å². The van der Waals surface area contributed by atoms with Crippen molar-refractivity contribution in [1.82, 2.24) is 0 Å². The minimum Gasteiger partial charge on any atom is -0.394 e. The fourth-order valence-electron chi connectivity index (χ4n) is 4.08. The number of aliphatic hydroxyl groups excluding tert-OH is 1. The number of hydrogen-bond donors (Lipinski definition) is 1. The molecule has 0 unspecified atom stereocenters. The van der Waals surface area contributed by atoms with Gasteiger partial charge < -0.3 is 5.11 Å². The first kappa shape index (κ1) is 20.9. The van der Waals surface area contributed by atoms with Crippen LogP contribution in [0.3, 0.4) is 0 Å². The number of fused-ring (bicyclic) bond motifs is 1. The van der Waals surface area contributed by atoms with E-state index in [1.165, 1.54) is 9.87 Å². The maximum absolute atomic E-state index is 13.7. The van der Waals surface area contributed by atoms with Crippen LogP contribution in [0.5, 0.6) is 0 Å². The average Bonchev–Trinajstić information content (AvgIpc) is 3.13. The Labute approximate surface area is 169 Å². The second-order valence-corrected chi connectivity index (χ2v) is 10.0. The van der Waals surface area contributed by atoms with E-state index in [1.54, 1.807) is 6.07 Å². The number of anilines is 1. The van der Waals surface area contributed by atoms with E-state index >= 15 is 0 Å². The molecule has 0 fully saturated rings. The molecule has 152 valence electrons. The summed E-state index contributed by atoms with van der Waals surface area (Å²) in [4.78, 5) is 0.315. The number of aryl methyl sites for hydroxylation is 2. The van der Waals surface area contributed by atoms with E-state index in [9.17, 15) is 13.5 Å². The van der Waals surface area contributed by atoms with Gasteiger partial charge in [-0.05, 0) is 65.5 Å². The molecule has 0 radical (unpaired) electrons. The summed E-state index contributed by atoms with van der Waals surface area (Å²) in [6.07, 6.45) is 3.02. The Morgan fingerprint density at radius 1 is 0.964 bits per heavy atom. The van der Waals surface area contributed by atoms with Crippen molar-refractivity contribution in [2.24, 2.45) is 0 Å². The van der Waals surface area contributed by atoms with E-state index in [2.05, 4.69) is 27.7 Å². The fraction of sp³-hybridized carbons (Fsp3) is 0.478. The van der Waals surface area contributed by atoms with Gasteiger partial charge in [-0.1, -0.05) is 52.0 Å². The molecule has 0 saturated heterocycles. The third-order valence-corrected chi connectivity index (χ3v) is 7.35. The second-order valence-electron chi connectivity index (χ2n) is 8.18. The van der Waals surface area contributed by atoms with Gasteiger partial charge in [-0.15, -0.1) is 0 Å². The third-order valence-electron chi connectivity index (χ3n) is 5.55. The Morgan fingerprint density at radius 3 is 2.14 bits per heavy atom. The molecular formula is C23H31NO3S. The topological polar surface area (TPSA) is 57.6 Å². The molecule has 0 aromatic heterocycles. The summed E-state index contributed by atoms with van der Waals surface area (Å²) in [7, 11) is -3.78. The molecular weight excluding hydrogens is 370 g/mol. The van der Waals surface area contributed by atoms with Gasteiger partial charge >= 0.3 is 0 Å². The number of rotatable bonds is 7. The molecule has 2 aromatic carbocycles. The lowest BCUT2D eigenvalue weighted by Crippen LogP contribution is -2.35. The Kier molecular flexibility index (Phi) is 6.15. The normalized spacial score (nSPS) is 14.0. The summed E-state index contributed by atoms with van der Waals surface area (Å²) >= 11 is 0. The van der Waals surface area contributed by atoms with Crippen LogP contribution < -0.4 is 4.31 Å². The van der Waals surface area contributed by atoms with Gasteiger partial charge in [0.05, 0.1) is 23.7 Å². The van der Waals surface area contributed by atoms with Crippen molar-refractivity contribution >= 4 is 15.7 Å². The highest BCUT2D eigenvalue weighted by Gasteiger charge is 2.30. The Morgan fingerprint density at radius 2 is 1.57 bits per heavy atom. The molecule has 1 N–H and O–H groups in total. The molecule has 28 heavy (non-hydrogen) atoms. The van der Waals surface area contributed by atoms with Gasteiger partial charge in [0.25, 0.3) is 10.0 Å². The van der Waals surface area contributed by atoms with E-state index in [1.807, 2.05) is 30.3 Å². The molecule has 0 amide bonds. The zero-order valence-corrected chi connectivity index (χ0v) is 18.1. The molecule has 4 nitrogen and oxygen atoms in total. The summed E-state index contributed by atoms with van der Waals surface area (Å²) in [6.45, 7) is 8.10. The molecule has 0 bridgehead atoms. The van der Waals surface area contributed by atoms with E-state index in [4.69, 9.17) is 0 Å². The average molecular weight is 402 g/mol. The van der Waals surface area contributed by atoms with Crippen LogP contribution in [0.2, 0.25) is 0 Å². The van der Waals surface area contributed by atoms with Crippen LogP contribution in [0.1, 0.15) is 68.2 Å². The van der Waals surface area contributed by atoms with E-state index in [0.29, 0.717) is 4.90 Å². The molecule has 0 atom stereocenters. The summed E-state index contributed by atoms with van der Waals surface area (Å²) < 4.78 is 28.8. The number of para-hydroxylation sites is 1. The zero-order chi connectivity index (χ0) is 20.5. The van der Waals surface area contributed by atoms with Crippen LogP contribution in [0.15, 0.2) is 41.3 Å². The van der Waals surface area contributed by atoms with Crippen LogP contribution in [0.4, 0.5) is 5.69 Å². The van der Waals surface area contributed by atoms with Crippen molar-refractivity contribution in [1.29, 1.82) is 0 Å². The van der Waals surface area contributed by atoms with Gasteiger partial charge in [-0.25, -0.2) is 8.42 Å². The summed E-state index contributed by atoms with van der Waals surface area (Å²) in [5.41, 5.74) is 5.08. The Hall–Kier alpha value is -1.85. The van der Waals surface area contributed by atoms with Crippen molar-refractivity contribution in [2.75, 3.05) is 17.5 Å². The number of nitrogens with zero attached hydrogens (tertiary/aromatic N) is 1. The van der Waals surface area contributed by atoms with Gasteiger partial charge in [0.1, 0.15) is 0 Å². The molecule has 0 aliphatic heterocycles. The third kappa shape index (κ3) is 3.83. The van der Waals surface area contributed by atoms with E-state index in [0.717, 1.165) is 41.6 Å². The number of aliphatic hydroxyl groups is 1. The van der Waals surface area contributed by atoms with E-state index in [-0.39, 0.29) is 25.0 Å². The predicted octanol–water partition coefficient (Wildman–Crippen LogP) is 4.61. The first-order valence-electron chi connectivity index (χ1n) is 10.2. The summed E-state index contributed by atoms with van der Waals surface area (Å²) in [5.74, 6) is 0.343. The maximum Gasteiger partial charge on any atom is 0.264 e. The van der Waals surface area contributed by atoms with Crippen molar-refractivity contribution < 1.29 is 13.5 Å². The van der Waals surface area contributed by atoms with Crippen LogP contribution in [-0.2, 0) is 22.9 Å². The van der Waals surface area contributed by atoms with Crippen molar-refractivity contribution in [3.05, 3.63) is 58.7 Å². The minimum atomic E-state index is -3.78. The lowest BCUT2D eigenvalue weighted by molar-refractivity contribution is 0.306. The quantitative estimate of drug-likeness (QED) is 0.737. The summed E-state index contributed by atoms with van der Waals surface area (Å²) in [5, 5.41) is 9.72. The van der Waals surface area contributed by atoms with E-state index < -0.39 is 10.0 Å². The Balaban J connectivity index is 2.19. The summed E-state index contributed by atoms with van der Waals surface area (Å²) in [6, 6.07) is 11.5. The SMILES string of the molecule is CC(C)c1cccc(C(C)C)c1N(CCO)S(=O)(=O)c1ccc2c(c1)CCC2. The first-order chi connectivity index (χ1) is 13.3. The second kappa shape index (κ2) is 8.26. The van der Waals surface area contributed by atoms with Gasteiger partial charge in [0.15, 0.2) is 0 Å². The van der Waals surface area contributed by atoms with Crippen molar-refractivity contribution in [3.63, 3.8) is 0 Å². The highest BCUT2D eigenvalue weighted by Crippen LogP contribution is 2.38. The van der Waals surface area contributed by atoms with Gasteiger partial charge in [-0.2, -0.15) is 0 Å².